The van der Waals surface area contributed by atoms with Crippen molar-refractivity contribution in [3.63, 3.8) is 0 Å². The Morgan fingerprint density at radius 1 is 1.29 bits per heavy atom. The van der Waals surface area contributed by atoms with Gasteiger partial charge in [0.05, 0.1) is 5.92 Å². The van der Waals surface area contributed by atoms with Crippen LogP contribution in [0.5, 0.6) is 0 Å². The van der Waals surface area contributed by atoms with Gasteiger partial charge in [-0.2, -0.15) is 0 Å². The van der Waals surface area contributed by atoms with E-state index in [0.29, 0.717) is 17.7 Å². The lowest BCUT2D eigenvalue weighted by Gasteiger charge is -2.15. The molecule has 0 fully saturated rings. The van der Waals surface area contributed by atoms with Crippen LogP contribution in [0, 0.1) is 5.92 Å². The Morgan fingerprint density at radius 2 is 1.95 bits per heavy atom. The Morgan fingerprint density at radius 3 is 2.52 bits per heavy atom. The van der Waals surface area contributed by atoms with E-state index in [-0.39, 0.29) is 17.9 Å². The molecule has 0 spiro atoms. The SMILES string of the molecule is CC(CCCC(C)C(=O)O)NC(=O)c1cc(N)cc(Br)c1. The first kappa shape index (κ1) is 17.5. The largest absolute Gasteiger partial charge is 0.481 e. The van der Waals surface area contributed by atoms with E-state index in [2.05, 4.69) is 21.2 Å². The predicted octanol–water partition coefficient (Wildman–Crippen LogP) is 3.04. The highest BCUT2D eigenvalue weighted by atomic mass is 79.9. The van der Waals surface area contributed by atoms with Crippen molar-refractivity contribution in [2.45, 2.75) is 39.2 Å². The molecular weight excluding hydrogens is 336 g/mol. The fourth-order valence-corrected chi connectivity index (χ4v) is 2.49. The topological polar surface area (TPSA) is 92.4 Å². The van der Waals surface area contributed by atoms with E-state index in [1.54, 1.807) is 25.1 Å². The second-order valence-electron chi connectivity index (χ2n) is 5.32. The number of nitrogen functional groups attached to an aromatic ring is 1. The number of rotatable bonds is 7. The molecule has 0 aromatic heterocycles. The lowest BCUT2D eigenvalue weighted by Crippen LogP contribution is -2.32. The molecule has 5 nitrogen and oxygen atoms in total. The summed E-state index contributed by atoms with van der Waals surface area (Å²) < 4.78 is 0.760. The number of anilines is 1. The standard InChI is InChI=1S/C15H21BrN2O3/c1-9(15(20)21)4-3-5-10(2)18-14(19)11-6-12(16)8-13(17)7-11/h6-10H,3-5,17H2,1-2H3,(H,18,19)(H,20,21). The zero-order valence-corrected chi connectivity index (χ0v) is 13.8. The van der Waals surface area contributed by atoms with Gasteiger partial charge >= 0.3 is 5.97 Å². The molecule has 116 valence electrons. The third-order valence-corrected chi connectivity index (χ3v) is 3.71. The Balaban J connectivity index is 2.45. The number of nitrogens with one attached hydrogen (secondary N) is 1. The van der Waals surface area contributed by atoms with E-state index in [0.717, 1.165) is 17.3 Å². The first-order chi connectivity index (χ1) is 9.79. The first-order valence-corrected chi connectivity index (χ1v) is 7.68. The first-order valence-electron chi connectivity index (χ1n) is 6.89. The van der Waals surface area contributed by atoms with E-state index >= 15 is 0 Å². The molecule has 0 heterocycles. The van der Waals surface area contributed by atoms with Gasteiger partial charge < -0.3 is 16.2 Å². The summed E-state index contributed by atoms with van der Waals surface area (Å²) in [6, 6.07) is 5.05. The van der Waals surface area contributed by atoms with Crippen LogP contribution in [0.25, 0.3) is 0 Å². The lowest BCUT2D eigenvalue weighted by atomic mass is 10.0. The van der Waals surface area contributed by atoms with Crippen molar-refractivity contribution in [2.75, 3.05) is 5.73 Å². The number of carboxylic acids is 1. The summed E-state index contributed by atoms with van der Waals surface area (Å²) in [5.74, 6) is -1.31. The van der Waals surface area contributed by atoms with Gasteiger partial charge in [0.2, 0.25) is 0 Å². The minimum Gasteiger partial charge on any atom is -0.481 e. The highest BCUT2D eigenvalue weighted by Gasteiger charge is 2.13. The number of carboxylic acid groups (broad SMARTS) is 1. The van der Waals surface area contributed by atoms with Gasteiger partial charge in [0.1, 0.15) is 0 Å². The van der Waals surface area contributed by atoms with Gasteiger partial charge in [0.25, 0.3) is 5.91 Å². The predicted molar refractivity (Wildman–Crippen MR) is 86.1 cm³/mol. The molecule has 4 N–H and O–H groups in total. The molecular formula is C15H21BrN2O3. The van der Waals surface area contributed by atoms with Crippen molar-refractivity contribution in [3.05, 3.63) is 28.2 Å². The molecule has 1 rings (SSSR count). The summed E-state index contributed by atoms with van der Waals surface area (Å²) in [4.78, 5) is 22.8. The zero-order valence-electron chi connectivity index (χ0n) is 12.2. The van der Waals surface area contributed by atoms with Gasteiger partial charge in [0, 0.05) is 21.8 Å². The molecule has 2 unspecified atom stereocenters. The Labute approximate surface area is 133 Å². The molecule has 0 saturated carbocycles. The van der Waals surface area contributed by atoms with Crippen LogP contribution in [-0.2, 0) is 4.79 Å². The third kappa shape index (κ3) is 6.16. The molecule has 0 aliphatic heterocycles. The Hall–Kier alpha value is -1.56. The van der Waals surface area contributed by atoms with E-state index < -0.39 is 5.97 Å². The van der Waals surface area contributed by atoms with Crippen LogP contribution in [0.4, 0.5) is 5.69 Å². The van der Waals surface area contributed by atoms with Crippen molar-refractivity contribution < 1.29 is 14.7 Å². The van der Waals surface area contributed by atoms with Gasteiger partial charge in [0.15, 0.2) is 0 Å². The number of hydrogen-bond donors (Lipinski definition) is 3. The summed E-state index contributed by atoms with van der Waals surface area (Å²) in [5, 5.41) is 11.7. The molecule has 21 heavy (non-hydrogen) atoms. The maximum Gasteiger partial charge on any atom is 0.306 e. The average Bonchev–Trinajstić information content (AvgIpc) is 2.37. The number of hydrogen-bond acceptors (Lipinski definition) is 3. The number of carbonyl (C=O) groups is 2. The van der Waals surface area contributed by atoms with Crippen LogP contribution in [-0.4, -0.2) is 23.0 Å². The number of carbonyl (C=O) groups excluding carboxylic acids is 1. The molecule has 2 atom stereocenters. The molecule has 0 aliphatic rings. The quantitative estimate of drug-likeness (QED) is 0.654. The van der Waals surface area contributed by atoms with Crippen molar-refractivity contribution in [1.82, 2.24) is 5.32 Å². The number of benzene rings is 1. The van der Waals surface area contributed by atoms with Crippen molar-refractivity contribution in [2.24, 2.45) is 5.92 Å². The molecule has 1 amide bonds. The van der Waals surface area contributed by atoms with Crippen molar-refractivity contribution in [1.29, 1.82) is 0 Å². The Bertz CT molecular complexity index is 499. The van der Waals surface area contributed by atoms with Gasteiger partial charge in [-0.3, -0.25) is 9.59 Å². The maximum atomic E-state index is 12.1. The van der Waals surface area contributed by atoms with Crippen LogP contribution in [0.15, 0.2) is 22.7 Å². The van der Waals surface area contributed by atoms with Gasteiger partial charge in [-0.25, -0.2) is 0 Å². The zero-order chi connectivity index (χ0) is 16.0. The van der Waals surface area contributed by atoms with Crippen LogP contribution in [0.1, 0.15) is 43.5 Å². The number of aliphatic carboxylic acids is 1. The number of halogens is 1. The van der Waals surface area contributed by atoms with Crippen molar-refractivity contribution >= 4 is 33.5 Å². The molecule has 6 heteroatoms. The molecule has 0 aliphatic carbocycles. The van der Waals surface area contributed by atoms with Crippen LogP contribution < -0.4 is 11.1 Å². The second kappa shape index (κ2) is 8.02. The number of amides is 1. The normalized spacial score (nSPS) is 13.5. The van der Waals surface area contributed by atoms with E-state index in [9.17, 15) is 9.59 Å². The van der Waals surface area contributed by atoms with Gasteiger partial charge in [-0.15, -0.1) is 0 Å². The van der Waals surface area contributed by atoms with E-state index in [1.807, 2.05) is 6.92 Å². The fourth-order valence-electron chi connectivity index (χ4n) is 1.98. The summed E-state index contributed by atoms with van der Waals surface area (Å²) in [7, 11) is 0. The monoisotopic (exact) mass is 356 g/mol. The lowest BCUT2D eigenvalue weighted by molar-refractivity contribution is -0.141. The molecule has 0 radical (unpaired) electrons. The van der Waals surface area contributed by atoms with Crippen LogP contribution in [0.2, 0.25) is 0 Å². The van der Waals surface area contributed by atoms with Crippen molar-refractivity contribution in [3.8, 4) is 0 Å². The number of nitrogens with two attached hydrogens (primary N) is 1. The van der Waals surface area contributed by atoms with E-state index in [1.165, 1.54) is 0 Å². The highest BCUT2D eigenvalue weighted by Crippen LogP contribution is 2.17. The molecule has 1 aromatic carbocycles. The minimum atomic E-state index is -0.781. The van der Waals surface area contributed by atoms with Crippen LogP contribution >= 0.6 is 15.9 Å². The summed E-state index contributed by atoms with van der Waals surface area (Å²) >= 11 is 3.30. The average molecular weight is 357 g/mol. The van der Waals surface area contributed by atoms with E-state index in [4.69, 9.17) is 10.8 Å². The summed E-state index contributed by atoms with van der Waals surface area (Å²) in [5.41, 5.74) is 6.74. The fraction of sp³-hybridized carbons (Fsp3) is 0.467. The smallest absolute Gasteiger partial charge is 0.306 e. The molecule has 0 saturated heterocycles. The summed E-state index contributed by atoms with van der Waals surface area (Å²) in [6.45, 7) is 3.60. The third-order valence-electron chi connectivity index (χ3n) is 3.26. The molecule has 1 aromatic rings. The van der Waals surface area contributed by atoms with Gasteiger partial charge in [-0.1, -0.05) is 29.3 Å². The maximum absolute atomic E-state index is 12.1. The molecule has 0 bridgehead atoms. The Kier molecular flexibility index (Phi) is 6.68. The van der Waals surface area contributed by atoms with Gasteiger partial charge in [-0.05, 0) is 38.0 Å². The summed E-state index contributed by atoms with van der Waals surface area (Å²) in [6.07, 6.45) is 2.11. The highest BCUT2D eigenvalue weighted by molar-refractivity contribution is 9.10. The second-order valence-corrected chi connectivity index (χ2v) is 6.23. The minimum absolute atomic E-state index is 0.0151. The van der Waals surface area contributed by atoms with Crippen LogP contribution in [0.3, 0.4) is 0 Å².